The summed E-state index contributed by atoms with van der Waals surface area (Å²) < 4.78 is 16.7. The van der Waals surface area contributed by atoms with Crippen molar-refractivity contribution >= 4 is 6.03 Å². The van der Waals surface area contributed by atoms with E-state index in [0.29, 0.717) is 32.0 Å². The number of methoxy groups -OCH3 is 2. The first-order valence-electron chi connectivity index (χ1n) is 9.90. The van der Waals surface area contributed by atoms with Crippen molar-refractivity contribution in [1.29, 1.82) is 0 Å². The van der Waals surface area contributed by atoms with Gasteiger partial charge in [-0.25, -0.2) is 4.79 Å². The van der Waals surface area contributed by atoms with Gasteiger partial charge in [0.15, 0.2) is 11.5 Å². The Hall–Kier alpha value is -2.89. The summed E-state index contributed by atoms with van der Waals surface area (Å²) in [5, 5.41) is 2.96. The SMILES string of the molecule is COc1cc2c(cc1OC)CN(C(=O)NCCOc1c(C)cc(C)cc1C)CC2. The molecule has 1 aliphatic rings. The fourth-order valence-corrected chi connectivity index (χ4v) is 3.87. The Balaban J connectivity index is 1.53. The van der Waals surface area contributed by atoms with Crippen LogP contribution in [0.25, 0.3) is 0 Å². The predicted molar refractivity (Wildman–Crippen MR) is 113 cm³/mol. The number of aryl methyl sites for hydroxylation is 3. The van der Waals surface area contributed by atoms with E-state index in [2.05, 4.69) is 24.4 Å². The van der Waals surface area contributed by atoms with Crippen LogP contribution in [0.2, 0.25) is 0 Å². The van der Waals surface area contributed by atoms with Crippen LogP contribution < -0.4 is 19.5 Å². The predicted octanol–water partition coefficient (Wildman–Crippen LogP) is 3.78. The van der Waals surface area contributed by atoms with Crippen LogP contribution in [0.15, 0.2) is 24.3 Å². The molecule has 1 N–H and O–H groups in total. The number of hydrogen-bond acceptors (Lipinski definition) is 4. The van der Waals surface area contributed by atoms with Gasteiger partial charge in [-0.05, 0) is 61.6 Å². The zero-order valence-electron chi connectivity index (χ0n) is 17.9. The van der Waals surface area contributed by atoms with Gasteiger partial charge in [0.05, 0.1) is 20.8 Å². The monoisotopic (exact) mass is 398 g/mol. The molecule has 0 bridgehead atoms. The molecule has 6 nitrogen and oxygen atoms in total. The van der Waals surface area contributed by atoms with Crippen LogP contribution in [0, 0.1) is 20.8 Å². The topological polar surface area (TPSA) is 60.0 Å². The van der Waals surface area contributed by atoms with Crippen molar-refractivity contribution in [2.75, 3.05) is 33.9 Å². The lowest BCUT2D eigenvalue weighted by Gasteiger charge is -2.29. The molecule has 1 aliphatic heterocycles. The summed E-state index contributed by atoms with van der Waals surface area (Å²) in [7, 11) is 3.25. The molecule has 2 amide bonds. The molecule has 2 aromatic carbocycles. The molecule has 156 valence electrons. The van der Waals surface area contributed by atoms with Crippen molar-refractivity contribution in [3.63, 3.8) is 0 Å². The summed E-state index contributed by atoms with van der Waals surface area (Å²) in [4.78, 5) is 14.4. The highest BCUT2D eigenvalue weighted by atomic mass is 16.5. The van der Waals surface area contributed by atoms with Gasteiger partial charge < -0.3 is 24.4 Å². The minimum atomic E-state index is -0.0774. The first-order valence-corrected chi connectivity index (χ1v) is 9.90. The van der Waals surface area contributed by atoms with Crippen molar-refractivity contribution in [2.24, 2.45) is 0 Å². The number of hydrogen-bond donors (Lipinski definition) is 1. The van der Waals surface area contributed by atoms with Crippen LogP contribution in [0.5, 0.6) is 17.2 Å². The van der Waals surface area contributed by atoms with Crippen LogP contribution >= 0.6 is 0 Å². The summed E-state index contributed by atoms with van der Waals surface area (Å²) in [6, 6.07) is 8.10. The van der Waals surface area contributed by atoms with E-state index in [1.165, 1.54) is 11.1 Å². The summed E-state index contributed by atoms with van der Waals surface area (Å²) >= 11 is 0. The average molecular weight is 399 g/mol. The van der Waals surface area contributed by atoms with Crippen molar-refractivity contribution < 1.29 is 19.0 Å². The van der Waals surface area contributed by atoms with E-state index in [9.17, 15) is 4.79 Å². The Morgan fingerprint density at radius 1 is 1.00 bits per heavy atom. The van der Waals surface area contributed by atoms with Crippen LogP contribution in [0.1, 0.15) is 27.8 Å². The molecule has 0 unspecified atom stereocenters. The minimum absolute atomic E-state index is 0.0774. The molecule has 3 rings (SSSR count). The number of fused-ring (bicyclic) bond motifs is 1. The fourth-order valence-electron chi connectivity index (χ4n) is 3.87. The van der Waals surface area contributed by atoms with Gasteiger partial charge in [0, 0.05) is 13.1 Å². The third-order valence-electron chi connectivity index (χ3n) is 5.23. The number of carbonyl (C=O) groups is 1. The van der Waals surface area contributed by atoms with Gasteiger partial charge in [-0.1, -0.05) is 17.7 Å². The van der Waals surface area contributed by atoms with Gasteiger partial charge in [0.2, 0.25) is 0 Å². The van der Waals surface area contributed by atoms with E-state index in [1.54, 1.807) is 14.2 Å². The summed E-state index contributed by atoms with van der Waals surface area (Å²) in [5.41, 5.74) is 5.74. The number of benzene rings is 2. The van der Waals surface area contributed by atoms with E-state index >= 15 is 0 Å². The van der Waals surface area contributed by atoms with E-state index in [1.807, 2.05) is 30.9 Å². The lowest BCUT2D eigenvalue weighted by Crippen LogP contribution is -2.43. The standard InChI is InChI=1S/C23H30N2O4/c1-15-10-16(2)22(17(3)11-15)29-9-7-24-23(26)25-8-6-18-12-20(27-4)21(28-5)13-19(18)14-25/h10-13H,6-9,14H2,1-5H3,(H,24,26). The Kier molecular flexibility index (Phi) is 6.52. The number of carbonyl (C=O) groups excluding carboxylic acids is 1. The molecule has 29 heavy (non-hydrogen) atoms. The zero-order chi connectivity index (χ0) is 21.0. The summed E-state index contributed by atoms with van der Waals surface area (Å²) in [5.74, 6) is 2.31. The molecule has 0 atom stereocenters. The van der Waals surface area contributed by atoms with Gasteiger partial charge >= 0.3 is 6.03 Å². The number of ether oxygens (including phenoxy) is 3. The number of urea groups is 1. The molecule has 6 heteroatoms. The Bertz CT molecular complexity index is 872. The molecule has 0 radical (unpaired) electrons. The van der Waals surface area contributed by atoms with Crippen molar-refractivity contribution in [2.45, 2.75) is 33.7 Å². The fraction of sp³-hybridized carbons (Fsp3) is 0.435. The highest BCUT2D eigenvalue weighted by Gasteiger charge is 2.22. The van der Waals surface area contributed by atoms with Crippen LogP contribution in [0.3, 0.4) is 0 Å². The smallest absolute Gasteiger partial charge is 0.317 e. The van der Waals surface area contributed by atoms with Crippen LogP contribution in [0.4, 0.5) is 4.79 Å². The quantitative estimate of drug-likeness (QED) is 0.753. The minimum Gasteiger partial charge on any atom is -0.493 e. The van der Waals surface area contributed by atoms with Crippen LogP contribution in [-0.2, 0) is 13.0 Å². The van der Waals surface area contributed by atoms with Crippen molar-refractivity contribution in [3.8, 4) is 17.2 Å². The second-order valence-electron chi connectivity index (χ2n) is 7.46. The maximum atomic E-state index is 12.6. The maximum Gasteiger partial charge on any atom is 0.317 e. The van der Waals surface area contributed by atoms with Crippen molar-refractivity contribution in [1.82, 2.24) is 10.2 Å². The number of amides is 2. The van der Waals surface area contributed by atoms with Gasteiger partial charge in [0.1, 0.15) is 12.4 Å². The van der Waals surface area contributed by atoms with Gasteiger partial charge in [0.25, 0.3) is 0 Å². The maximum absolute atomic E-state index is 12.6. The van der Waals surface area contributed by atoms with Gasteiger partial charge in [-0.3, -0.25) is 0 Å². The lowest BCUT2D eigenvalue weighted by atomic mass is 9.99. The largest absolute Gasteiger partial charge is 0.493 e. The average Bonchev–Trinajstić information content (AvgIpc) is 2.70. The summed E-state index contributed by atoms with van der Waals surface area (Å²) in [6.45, 7) is 8.29. The molecule has 1 heterocycles. The number of nitrogens with zero attached hydrogens (tertiary/aromatic N) is 1. The number of rotatable bonds is 6. The molecule has 0 saturated carbocycles. The zero-order valence-corrected chi connectivity index (χ0v) is 17.9. The van der Waals surface area contributed by atoms with E-state index in [-0.39, 0.29) is 6.03 Å². The van der Waals surface area contributed by atoms with E-state index in [0.717, 1.165) is 34.6 Å². The molecular weight excluding hydrogens is 368 g/mol. The first kappa shape index (κ1) is 20.8. The Labute approximate surface area is 172 Å². The second kappa shape index (κ2) is 9.07. The highest BCUT2D eigenvalue weighted by Crippen LogP contribution is 2.33. The third kappa shape index (κ3) is 4.75. The van der Waals surface area contributed by atoms with E-state index in [4.69, 9.17) is 14.2 Å². The highest BCUT2D eigenvalue weighted by molar-refractivity contribution is 5.74. The lowest BCUT2D eigenvalue weighted by molar-refractivity contribution is 0.189. The molecule has 0 saturated heterocycles. The Morgan fingerprint density at radius 3 is 2.24 bits per heavy atom. The molecular formula is C23H30N2O4. The molecule has 0 spiro atoms. The normalized spacial score (nSPS) is 12.9. The molecule has 2 aromatic rings. The molecule has 0 aliphatic carbocycles. The number of nitrogens with one attached hydrogen (secondary N) is 1. The Morgan fingerprint density at radius 2 is 1.62 bits per heavy atom. The molecule has 0 fully saturated rings. The third-order valence-corrected chi connectivity index (χ3v) is 5.23. The van der Waals surface area contributed by atoms with Crippen LogP contribution in [-0.4, -0.2) is 44.8 Å². The first-order chi connectivity index (χ1) is 13.9. The summed E-state index contributed by atoms with van der Waals surface area (Å²) in [6.07, 6.45) is 0.793. The van der Waals surface area contributed by atoms with Crippen molar-refractivity contribution in [3.05, 3.63) is 52.1 Å². The van der Waals surface area contributed by atoms with Gasteiger partial charge in [-0.15, -0.1) is 0 Å². The van der Waals surface area contributed by atoms with Gasteiger partial charge in [-0.2, -0.15) is 0 Å². The second-order valence-corrected chi connectivity index (χ2v) is 7.46. The molecule has 0 aromatic heterocycles. The van der Waals surface area contributed by atoms with E-state index < -0.39 is 0 Å².